The van der Waals surface area contributed by atoms with E-state index in [-0.39, 0.29) is 29.8 Å². The zero-order valence-electron chi connectivity index (χ0n) is 23.4. The SMILES string of the molecule is COc1cc(C(=O)CCC(C)(O)c2cc(C(C)(C)N=C(C)N)cc(-c3ccc(F)c(Cl)c3)n2)ccc1OC1CC1. The first kappa shape index (κ1) is 29.5. The van der Waals surface area contributed by atoms with Gasteiger partial charge in [-0.2, -0.15) is 0 Å². The Morgan fingerprint density at radius 3 is 2.50 bits per heavy atom. The molecule has 0 bridgehead atoms. The number of carbonyl (C=O) groups is 1. The fraction of sp³-hybridized carbons (Fsp3) is 0.387. The van der Waals surface area contributed by atoms with Crippen LogP contribution in [-0.2, 0) is 11.1 Å². The Bertz CT molecular complexity index is 1450. The third-order valence-electron chi connectivity index (χ3n) is 6.90. The van der Waals surface area contributed by atoms with Gasteiger partial charge in [0.15, 0.2) is 17.3 Å². The molecule has 0 aliphatic heterocycles. The van der Waals surface area contributed by atoms with E-state index in [0.29, 0.717) is 39.8 Å². The lowest BCUT2D eigenvalue weighted by Crippen LogP contribution is -2.26. The van der Waals surface area contributed by atoms with Gasteiger partial charge in [0.25, 0.3) is 0 Å². The van der Waals surface area contributed by atoms with Crippen LogP contribution < -0.4 is 15.2 Å². The summed E-state index contributed by atoms with van der Waals surface area (Å²) in [6.07, 6.45) is 2.40. The van der Waals surface area contributed by atoms with E-state index in [0.717, 1.165) is 18.4 Å². The van der Waals surface area contributed by atoms with Crippen LogP contribution in [0.15, 0.2) is 53.5 Å². The minimum atomic E-state index is -1.47. The van der Waals surface area contributed by atoms with Crippen molar-refractivity contribution in [3.05, 3.63) is 76.2 Å². The number of methoxy groups -OCH3 is 1. The lowest BCUT2D eigenvalue weighted by molar-refractivity contribution is 0.0396. The topological polar surface area (TPSA) is 107 Å². The summed E-state index contributed by atoms with van der Waals surface area (Å²) in [7, 11) is 1.54. The molecule has 3 aromatic rings. The van der Waals surface area contributed by atoms with E-state index >= 15 is 0 Å². The van der Waals surface area contributed by atoms with Crippen LogP contribution in [0.5, 0.6) is 11.5 Å². The van der Waals surface area contributed by atoms with Crippen molar-refractivity contribution in [1.29, 1.82) is 0 Å². The molecule has 1 aliphatic rings. The Morgan fingerprint density at radius 1 is 1.15 bits per heavy atom. The summed E-state index contributed by atoms with van der Waals surface area (Å²) in [5.74, 6) is 0.818. The molecule has 1 aliphatic carbocycles. The molecule has 4 rings (SSSR count). The zero-order valence-corrected chi connectivity index (χ0v) is 24.2. The Morgan fingerprint density at radius 2 is 1.88 bits per heavy atom. The fourth-order valence-corrected chi connectivity index (χ4v) is 4.58. The molecule has 1 unspecified atom stereocenters. The van der Waals surface area contributed by atoms with E-state index in [4.69, 9.17) is 31.8 Å². The van der Waals surface area contributed by atoms with Crippen molar-refractivity contribution in [2.45, 2.75) is 70.6 Å². The van der Waals surface area contributed by atoms with E-state index in [1.807, 2.05) is 19.9 Å². The average molecular weight is 568 g/mol. The Labute approximate surface area is 239 Å². The maximum Gasteiger partial charge on any atom is 0.163 e. The van der Waals surface area contributed by atoms with Crippen molar-refractivity contribution in [3.8, 4) is 22.8 Å². The van der Waals surface area contributed by atoms with Crippen LogP contribution in [0.1, 0.15) is 75.0 Å². The molecule has 1 aromatic heterocycles. The van der Waals surface area contributed by atoms with Crippen molar-refractivity contribution in [1.82, 2.24) is 4.98 Å². The number of ether oxygens (including phenoxy) is 2. The summed E-state index contributed by atoms with van der Waals surface area (Å²) in [5, 5.41) is 11.5. The van der Waals surface area contributed by atoms with Crippen LogP contribution >= 0.6 is 11.6 Å². The monoisotopic (exact) mass is 567 g/mol. The Balaban J connectivity index is 1.63. The highest BCUT2D eigenvalue weighted by Crippen LogP contribution is 2.37. The summed E-state index contributed by atoms with van der Waals surface area (Å²) in [6.45, 7) is 7.11. The molecule has 0 spiro atoms. The highest BCUT2D eigenvalue weighted by Gasteiger charge is 2.31. The number of amidine groups is 1. The van der Waals surface area contributed by atoms with Crippen LogP contribution in [0.2, 0.25) is 5.02 Å². The molecule has 0 amide bonds. The molecule has 1 atom stereocenters. The normalized spacial score (nSPS) is 15.4. The molecule has 7 nitrogen and oxygen atoms in total. The molecule has 1 fully saturated rings. The minimum Gasteiger partial charge on any atom is -0.493 e. The first-order chi connectivity index (χ1) is 18.8. The van der Waals surface area contributed by atoms with Gasteiger partial charge in [-0.3, -0.25) is 9.79 Å². The molecule has 1 saturated carbocycles. The van der Waals surface area contributed by atoms with Crippen molar-refractivity contribution in [3.63, 3.8) is 0 Å². The number of aliphatic hydroxyl groups is 1. The molecular formula is C31H35ClFN3O4. The third kappa shape index (κ3) is 6.98. The second kappa shape index (κ2) is 11.6. The highest BCUT2D eigenvalue weighted by molar-refractivity contribution is 6.31. The summed E-state index contributed by atoms with van der Waals surface area (Å²) in [5.41, 5.74) is 6.27. The lowest BCUT2D eigenvalue weighted by atomic mass is 9.87. The van der Waals surface area contributed by atoms with E-state index in [1.165, 1.54) is 19.2 Å². The summed E-state index contributed by atoms with van der Waals surface area (Å²) in [6, 6.07) is 13.0. The van der Waals surface area contributed by atoms with Crippen LogP contribution in [0.3, 0.4) is 0 Å². The number of pyridine rings is 1. The van der Waals surface area contributed by atoms with Gasteiger partial charge < -0.3 is 20.3 Å². The smallest absolute Gasteiger partial charge is 0.163 e. The van der Waals surface area contributed by atoms with Crippen LogP contribution in [0.25, 0.3) is 11.3 Å². The average Bonchev–Trinajstić information content (AvgIpc) is 3.72. The highest BCUT2D eigenvalue weighted by atomic mass is 35.5. The standard InChI is InChI=1S/C31H35ClFN3O4/c1-18(34)36-30(2,3)21-16-25(19-6-10-24(33)23(32)14-19)35-29(17-21)31(4,38)13-12-26(37)20-7-11-27(28(15-20)39-5)40-22-8-9-22/h6-7,10-11,14-17,22,38H,8-9,12-13H2,1-5H3,(H2,34,36). The van der Waals surface area contributed by atoms with Crippen molar-refractivity contribution in [2.24, 2.45) is 10.7 Å². The number of rotatable bonds is 11. The number of nitrogens with two attached hydrogens (primary N) is 1. The number of aliphatic imine (C=N–C) groups is 1. The molecule has 212 valence electrons. The molecule has 3 N–H and O–H groups in total. The number of hydrogen-bond donors (Lipinski definition) is 2. The van der Waals surface area contributed by atoms with Gasteiger partial charge in [0.1, 0.15) is 11.4 Å². The van der Waals surface area contributed by atoms with Crippen molar-refractivity contribution in [2.75, 3.05) is 7.11 Å². The second-order valence-electron chi connectivity index (χ2n) is 10.9. The first-order valence-corrected chi connectivity index (χ1v) is 13.6. The molecule has 0 radical (unpaired) electrons. The van der Waals surface area contributed by atoms with E-state index in [9.17, 15) is 14.3 Å². The summed E-state index contributed by atoms with van der Waals surface area (Å²) < 4.78 is 25.1. The molecule has 2 aromatic carbocycles. The van der Waals surface area contributed by atoms with E-state index in [2.05, 4.69) is 4.99 Å². The van der Waals surface area contributed by atoms with Crippen molar-refractivity contribution < 1.29 is 23.8 Å². The number of aromatic nitrogens is 1. The number of Topliss-reactive ketones (excluding diaryl/α,β-unsaturated/α-hetero) is 1. The van der Waals surface area contributed by atoms with Gasteiger partial charge in [0, 0.05) is 17.5 Å². The van der Waals surface area contributed by atoms with Gasteiger partial charge in [-0.25, -0.2) is 9.37 Å². The maximum atomic E-state index is 13.9. The van der Waals surface area contributed by atoms with Gasteiger partial charge in [-0.05, 0) is 101 Å². The Hall–Kier alpha value is -3.49. The predicted octanol–water partition coefficient (Wildman–Crippen LogP) is 6.57. The van der Waals surface area contributed by atoms with Crippen LogP contribution in [0, 0.1) is 5.82 Å². The van der Waals surface area contributed by atoms with Crippen LogP contribution in [-0.4, -0.2) is 34.9 Å². The van der Waals surface area contributed by atoms with Crippen molar-refractivity contribution >= 4 is 23.2 Å². The third-order valence-corrected chi connectivity index (χ3v) is 7.19. The number of carbonyl (C=O) groups excluding carboxylic acids is 1. The largest absolute Gasteiger partial charge is 0.493 e. The maximum absolute atomic E-state index is 13.9. The minimum absolute atomic E-state index is 0.0392. The first-order valence-electron chi connectivity index (χ1n) is 13.2. The van der Waals surface area contributed by atoms with Gasteiger partial charge in [-0.15, -0.1) is 0 Å². The fourth-order valence-electron chi connectivity index (χ4n) is 4.40. The van der Waals surface area contributed by atoms with E-state index < -0.39 is 17.0 Å². The molecular weight excluding hydrogens is 533 g/mol. The second-order valence-corrected chi connectivity index (χ2v) is 11.4. The molecule has 1 heterocycles. The molecule has 9 heteroatoms. The predicted molar refractivity (Wildman–Crippen MR) is 155 cm³/mol. The number of nitrogens with zero attached hydrogens (tertiary/aromatic N) is 2. The zero-order chi connectivity index (χ0) is 29.2. The number of hydrogen-bond acceptors (Lipinski definition) is 6. The number of ketones is 1. The van der Waals surface area contributed by atoms with Gasteiger partial charge >= 0.3 is 0 Å². The van der Waals surface area contributed by atoms with E-state index in [1.54, 1.807) is 44.2 Å². The van der Waals surface area contributed by atoms with Crippen LogP contribution in [0.4, 0.5) is 4.39 Å². The molecule has 40 heavy (non-hydrogen) atoms. The molecule has 0 saturated heterocycles. The Kier molecular flexibility index (Phi) is 8.52. The van der Waals surface area contributed by atoms with Gasteiger partial charge in [-0.1, -0.05) is 11.6 Å². The lowest BCUT2D eigenvalue weighted by Gasteiger charge is -2.27. The number of halogens is 2. The summed E-state index contributed by atoms with van der Waals surface area (Å²) in [4.78, 5) is 22.4. The number of benzene rings is 2. The quantitative estimate of drug-likeness (QED) is 0.154. The van der Waals surface area contributed by atoms with Gasteiger partial charge in [0.2, 0.25) is 0 Å². The summed E-state index contributed by atoms with van der Waals surface area (Å²) >= 11 is 6.05. The van der Waals surface area contributed by atoms with Gasteiger partial charge in [0.05, 0.1) is 41.0 Å².